The van der Waals surface area contributed by atoms with Crippen molar-refractivity contribution >= 4 is 11.6 Å². The summed E-state index contributed by atoms with van der Waals surface area (Å²) in [5.74, 6) is 2.64. The van der Waals surface area contributed by atoms with Gasteiger partial charge >= 0.3 is 0 Å². The molecule has 0 bridgehead atoms. The van der Waals surface area contributed by atoms with Crippen LogP contribution in [0.25, 0.3) is 0 Å². The summed E-state index contributed by atoms with van der Waals surface area (Å²) in [5, 5.41) is 16.7. The third kappa shape index (κ3) is 5.13. The zero-order chi connectivity index (χ0) is 16.2. The summed E-state index contributed by atoms with van der Waals surface area (Å²) in [6, 6.07) is 0. The van der Waals surface area contributed by atoms with Gasteiger partial charge < -0.3 is 20.6 Å². The van der Waals surface area contributed by atoms with E-state index in [0.717, 1.165) is 23.0 Å². The second-order valence-corrected chi connectivity index (χ2v) is 6.40. The summed E-state index contributed by atoms with van der Waals surface area (Å²) in [6.07, 6.45) is 0. The fourth-order valence-corrected chi connectivity index (χ4v) is 2.22. The second-order valence-electron chi connectivity index (χ2n) is 6.40. The van der Waals surface area contributed by atoms with Gasteiger partial charge in [-0.05, 0) is 27.9 Å². The summed E-state index contributed by atoms with van der Waals surface area (Å²) in [5.41, 5.74) is 0.140. The first-order valence-corrected chi connectivity index (χ1v) is 7.33. The Hall–Kier alpha value is -1.40. The Bertz CT molecular complexity index is 471. The van der Waals surface area contributed by atoms with E-state index in [4.69, 9.17) is 0 Å². The van der Waals surface area contributed by atoms with E-state index in [1.807, 2.05) is 39.9 Å². The maximum Gasteiger partial charge on any atom is 0.135 e. The van der Waals surface area contributed by atoms with Gasteiger partial charge in [-0.2, -0.15) is 0 Å². The van der Waals surface area contributed by atoms with Crippen LogP contribution in [0.4, 0.5) is 11.6 Å². The molecule has 1 rings (SSSR count). The Kier molecular flexibility index (Phi) is 5.92. The minimum atomic E-state index is -0.821. The first kappa shape index (κ1) is 17.7. The van der Waals surface area contributed by atoms with Crippen LogP contribution in [0.1, 0.15) is 38.1 Å². The fraction of sp³-hybridized carbons (Fsp3) is 0.733. The summed E-state index contributed by atoms with van der Waals surface area (Å²) in [7, 11) is 5.74. The van der Waals surface area contributed by atoms with E-state index < -0.39 is 5.60 Å². The van der Waals surface area contributed by atoms with Gasteiger partial charge in [0.05, 0.1) is 5.60 Å². The van der Waals surface area contributed by atoms with E-state index in [-0.39, 0.29) is 5.92 Å². The van der Waals surface area contributed by atoms with E-state index in [1.165, 1.54) is 0 Å². The number of aromatic nitrogens is 2. The largest absolute Gasteiger partial charge is 0.387 e. The summed E-state index contributed by atoms with van der Waals surface area (Å²) in [4.78, 5) is 11.1. The lowest BCUT2D eigenvalue weighted by Crippen LogP contribution is -2.43. The molecule has 1 atom stereocenters. The van der Waals surface area contributed by atoms with Crippen LogP contribution < -0.4 is 10.6 Å². The van der Waals surface area contributed by atoms with Crippen molar-refractivity contribution in [3.63, 3.8) is 0 Å². The molecule has 120 valence electrons. The Balaban J connectivity index is 2.94. The molecule has 1 unspecified atom stereocenters. The van der Waals surface area contributed by atoms with Crippen LogP contribution in [0.3, 0.4) is 0 Å². The zero-order valence-electron chi connectivity index (χ0n) is 14.3. The van der Waals surface area contributed by atoms with E-state index in [9.17, 15) is 5.11 Å². The molecule has 0 aliphatic heterocycles. The van der Waals surface area contributed by atoms with E-state index in [2.05, 4.69) is 34.4 Å². The van der Waals surface area contributed by atoms with Crippen molar-refractivity contribution in [3.8, 4) is 0 Å². The third-order valence-electron chi connectivity index (χ3n) is 3.21. The minimum absolute atomic E-state index is 0.250. The highest BCUT2D eigenvalue weighted by atomic mass is 16.3. The molecule has 0 saturated heterocycles. The fourth-order valence-electron chi connectivity index (χ4n) is 2.22. The van der Waals surface area contributed by atoms with Crippen molar-refractivity contribution < 1.29 is 5.11 Å². The average Bonchev–Trinajstić information content (AvgIpc) is 2.35. The Morgan fingerprint density at radius 3 is 2.29 bits per heavy atom. The molecule has 1 aromatic rings. The maximum absolute atomic E-state index is 10.4. The smallest absolute Gasteiger partial charge is 0.135 e. The van der Waals surface area contributed by atoms with E-state index >= 15 is 0 Å². The molecule has 0 aliphatic rings. The van der Waals surface area contributed by atoms with Crippen LogP contribution in [-0.2, 0) is 0 Å². The van der Waals surface area contributed by atoms with Gasteiger partial charge in [0.1, 0.15) is 17.5 Å². The SMILES string of the molecule is CNc1nc(C(C)C)nc(NCC(C)(O)CN(C)C)c1C. The standard InChI is InChI=1S/C15H29N5O/c1-10(2)12-18-13(16-5)11(3)14(19-12)17-8-15(4,21)9-20(6)7/h10,21H,8-9H2,1-7H3,(H2,16,17,18,19). The molecular formula is C15H29N5O. The summed E-state index contributed by atoms with van der Waals surface area (Å²) < 4.78 is 0. The van der Waals surface area contributed by atoms with Crippen LogP contribution in [0.2, 0.25) is 0 Å². The van der Waals surface area contributed by atoms with Crippen LogP contribution in [0, 0.1) is 6.92 Å². The van der Waals surface area contributed by atoms with Gasteiger partial charge in [0.2, 0.25) is 0 Å². The summed E-state index contributed by atoms with van der Waals surface area (Å²) in [6.45, 7) is 8.94. The molecule has 6 heteroatoms. The van der Waals surface area contributed by atoms with Gasteiger partial charge in [-0.25, -0.2) is 9.97 Å². The minimum Gasteiger partial charge on any atom is -0.387 e. The van der Waals surface area contributed by atoms with Crippen molar-refractivity contribution in [1.29, 1.82) is 0 Å². The summed E-state index contributed by atoms with van der Waals surface area (Å²) >= 11 is 0. The molecule has 0 spiro atoms. The molecular weight excluding hydrogens is 266 g/mol. The average molecular weight is 295 g/mol. The monoisotopic (exact) mass is 295 g/mol. The van der Waals surface area contributed by atoms with Gasteiger partial charge in [0.15, 0.2) is 0 Å². The topological polar surface area (TPSA) is 73.3 Å². The van der Waals surface area contributed by atoms with Crippen molar-refractivity contribution in [2.45, 2.75) is 39.2 Å². The molecule has 21 heavy (non-hydrogen) atoms. The molecule has 6 nitrogen and oxygen atoms in total. The number of nitrogens with one attached hydrogen (secondary N) is 2. The van der Waals surface area contributed by atoms with Crippen molar-refractivity contribution in [3.05, 3.63) is 11.4 Å². The van der Waals surface area contributed by atoms with Gasteiger partial charge in [-0.3, -0.25) is 0 Å². The van der Waals surface area contributed by atoms with E-state index in [1.54, 1.807) is 0 Å². The molecule has 3 N–H and O–H groups in total. The Labute approximate surface area is 128 Å². The van der Waals surface area contributed by atoms with Crippen LogP contribution in [0.15, 0.2) is 0 Å². The third-order valence-corrected chi connectivity index (χ3v) is 3.21. The zero-order valence-corrected chi connectivity index (χ0v) is 14.3. The Morgan fingerprint density at radius 2 is 1.81 bits per heavy atom. The number of anilines is 2. The highest BCUT2D eigenvalue weighted by Gasteiger charge is 2.22. The molecule has 0 saturated carbocycles. The molecule has 1 aromatic heterocycles. The first-order valence-electron chi connectivity index (χ1n) is 7.33. The van der Waals surface area contributed by atoms with Gasteiger partial charge in [0, 0.05) is 31.6 Å². The van der Waals surface area contributed by atoms with Crippen molar-refractivity contribution in [2.75, 3.05) is 44.9 Å². The van der Waals surface area contributed by atoms with Crippen LogP contribution >= 0.6 is 0 Å². The second kappa shape index (κ2) is 7.04. The number of hydrogen-bond acceptors (Lipinski definition) is 6. The van der Waals surface area contributed by atoms with Crippen molar-refractivity contribution in [2.24, 2.45) is 0 Å². The molecule has 1 heterocycles. The predicted octanol–water partition coefficient (Wildman–Crippen LogP) is 1.67. The van der Waals surface area contributed by atoms with Gasteiger partial charge in [-0.1, -0.05) is 13.8 Å². The van der Waals surface area contributed by atoms with Crippen molar-refractivity contribution in [1.82, 2.24) is 14.9 Å². The molecule has 0 aromatic carbocycles. The van der Waals surface area contributed by atoms with E-state index in [0.29, 0.717) is 13.1 Å². The number of aliphatic hydroxyl groups is 1. The predicted molar refractivity (Wildman–Crippen MR) is 88.1 cm³/mol. The highest BCUT2D eigenvalue weighted by molar-refractivity contribution is 5.57. The Morgan fingerprint density at radius 1 is 1.24 bits per heavy atom. The quantitative estimate of drug-likeness (QED) is 0.711. The van der Waals surface area contributed by atoms with Gasteiger partial charge in [-0.15, -0.1) is 0 Å². The lowest BCUT2D eigenvalue weighted by Gasteiger charge is -2.28. The van der Waals surface area contributed by atoms with Gasteiger partial charge in [0.25, 0.3) is 0 Å². The molecule has 0 aliphatic carbocycles. The maximum atomic E-state index is 10.4. The lowest BCUT2D eigenvalue weighted by atomic mass is 10.1. The number of nitrogens with zero attached hydrogens (tertiary/aromatic N) is 3. The van der Waals surface area contributed by atoms with Crippen LogP contribution in [0.5, 0.6) is 0 Å². The highest BCUT2D eigenvalue weighted by Crippen LogP contribution is 2.23. The molecule has 0 amide bonds. The molecule has 0 fully saturated rings. The molecule has 0 radical (unpaired) electrons. The normalized spacial score (nSPS) is 14.4. The number of hydrogen-bond donors (Lipinski definition) is 3. The first-order chi connectivity index (χ1) is 9.66. The number of likely N-dealkylation sites (N-methyl/N-ethyl adjacent to an activating group) is 1. The van der Waals surface area contributed by atoms with Crippen LogP contribution in [-0.4, -0.2) is 59.8 Å². The number of rotatable bonds is 7. The lowest BCUT2D eigenvalue weighted by molar-refractivity contribution is 0.0459.